The van der Waals surface area contributed by atoms with Gasteiger partial charge in [-0.15, -0.1) is 11.8 Å². The van der Waals surface area contributed by atoms with E-state index in [0.717, 1.165) is 20.8 Å². The number of benzene rings is 2. The lowest BCUT2D eigenvalue weighted by molar-refractivity contribution is 1.38. The van der Waals surface area contributed by atoms with Crippen molar-refractivity contribution in [3.05, 3.63) is 58.6 Å². The van der Waals surface area contributed by atoms with Crippen molar-refractivity contribution in [1.29, 1.82) is 0 Å². The molecule has 16 heavy (non-hydrogen) atoms. The molecule has 0 aromatic heterocycles. The van der Waals surface area contributed by atoms with Gasteiger partial charge in [-0.2, -0.15) is 0 Å². The predicted octanol–water partition coefficient (Wildman–Crippen LogP) is 4.32. The Morgan fingerprint density at radius 2 is 1.81 bits per heavy atom. The Morgan fingerprint density at radius 3 is 2.50 bits per heavy atom. The second-order valence-corrected chi connectivity index (χ2v) is 5.39. The van der Waals surface area contributed by atoms with Crippen LogP contribution in [0.15, 0.2) is 57.9 Å². The van der Waals surface area contributed by atoms with Gasteiger partial charge in [0.25, 0.3) is 0 Å². The maximum absolute atomic E-state index is 5.93. The fraction of sp³-hybridized carbons (Fsp3) is 0.0769. The summed E-state index contributed by atoms with van der Waals surface area (Å²) in [7, 11) is 0. The van der Waals surface area contributed by atoms with Crippen molar-refractivity contribution in [3.8, 4) is 0 Å². The Hall–Kier alpha value is -0.930. The zero-order chi connectivity index (χ0) is 11.4. The van der Waals surface area contributed by atoms with E-state index < -0.39 is 0 Å². The molecule has 82 valence electrons. The quantitative estimate of drug-likeness (QED) is 0.674. The molecule has 0 spiro atoms. The summed E-state index contributed by atoms with van der Waals surface area (Å²) in [6.45, 7) is 0. The first-order chi connectivity index (χ1) is 7.75. The van der Waals surface area contributed by atoms with Crippen molar-refractivity contribution in [2.24, 2.45) is 0 Å². The first-order valence-electron chi connectivity index (χ1n) is 4.97. The number of thioether (sulfide) groups is 1. The first kappa shape index (κ1) is 11.6. The maximum Gasteiger partial charge on any atom is 0.0463 e. The summed E-state index contributed by atoms with van der Waals surface area (Å²) in [5.41, 5.74) is 8.08. The molecule has 0 radical (unpaired) electrons. The number of rotatable bonds is 3. The van der Waals surface area contributed by atoms with E-state index in [1.807, 2.05) is 24.3 Å². The zero-order valence-electron chi connectivity index (χ0n) is 8.69. The lowest BCUT2D eigenvalue weighted by Crippen LogP contribution is -1.88. The third kappa shape index (κ3) is 3.03. The Balaban J connectivity index is 2.05. The van der Waals surface area contributed by atoms with Crippen LogP contribution in [0.5, 0.6) is 0 Å². The van der Waals surface area contributed by atoms with Crippen LogP contribution in [-0.4, -0.2) is 0 Å². The third-order valence-corrected chi connectivity index (χ3v) is 3.86. The number of nitrogen functional groups attached to an aromatic ring is 1. The van der Waals surface area contributed by atoms with E-state index in [1.54, 1.807) is 11.8 Å². The van der Waals surface area contributed by atoms with Gasteiger partial charge in [0.2, 0.25) is 0 Å². The van der Waals surface area contributed by atoms with Gasteiger partial charge in [0, 0.05) is 20.8 Å². The average Bonchev–Trinajstić information content (AvgIpc) is 2.29. The van der Waals surface area contributed by atoms with E-state index in [0.29, 0.717) is 0 Å². The highest BCUT2D eigenvalue weighted by atomic mass is 79.9. The molecule has 0 atom stereocenters. The highest BCUT2D eigenvalue weighted by Crippen LogP contribution is 2.30. The number of halogens is 1. The van der Waals surface area contributed by atoms with Gasteiger partial charge in [-0.1, -0.05) is 46.3 Å². The van der Waals surface area contributed by atoms with E-state index >= 15 is 0 Å². The highest BCUT2D eigenvalue weighted by Gasteiger charge is 2.01. The fourth-order valence-electron chi connectivity index (χ4n) is 1.39. The van der Waals surface area contributed by atoms with Crippen molar-refractivity contribution in [3.63, 3.8) is 0 Å². The predicted molar refractivity (Wildman–Crippen MR) is 74.6 cm³/mol. The van der Waals surface area contributed by atoms with E-state index in [9.17, 15) is 0 Å². The van der Waals surface area contributed by atoms with Gasteiger partial charge >= 0.3 is 0 Å². The van der Waals surface area contributed by atoms with Crippen molar-refractivity contribution in [2.75, 3.05) is 5.73 Å². The van der Waals surface area contributed by atoms with Crippen LogP contribution >= 0.6 is 27.7 Å². The summed E-state index contributed by atoms with van der Waals surface area (Å²) >= 11 is 5.17. The molecule has 0 fully saturated rings. The SMILES string of the molecule is Nc1cc(Br)ccc1SCc1ccccc1. The van der Waals surface area contributed by atoms with Crippen molar-refractivity contribution in [1.82, 2.24) is 0 Å². The molecular weight excluding hydrogens is 282 g/mol. The van der Waals surface area contributed by atoms with Gasteiger partial charge in [0.1, 0.15) is 0 Å². The monoisotopic (exact) mass is 293 g/mol. The average molecular weight is 294 g/mol. The van der Waals surface area contributed by atoms with Gasteiger partial charge in [-0.25, -0.2) is 0 Å². The van der Waals surface area contributed by atoms with Crippen LogP contribution in [0, 0.1) is 0 Å². The molecule has 1 nitrogen and oxygen atoms in total. The molecule has 2 aromatic rings. The van der Waals surface area contributed by atoms with Gasteiger partial charge in [-0.3, -0.25) is 0 Å². The molecule has 2 aromatic carbocycles. The Kier molecular flexibility index (Phi) is 3.91. The van der Waals surface area contributed by atoms with Gasteiger partial charge < -0.3 is 5.73 Å². The minimum absolute atomic E-state index is 0.829. The molecule has 0 heterocycles. The van der Waals surface area contributed by atoms with Crippen molar-refractivity contribution < 1.29 is 0 Å². The number of anilines is 1. The van der Waals surface area contributed by atoms with E-state index in [2.05, 4.69) is 40.2 Å². The first-order valence-corrected chi connectivity index (χ1v) is 6.75. The highest BCUT2D eigenvalue weighted by molar-refractivity contribution is 9.10. The zero-order valence-corrected chi connectivity index (χ0v) is 11.1. The normalized spacial score (nSPS) is 10.3. The van der Waals surface area contributed by atoms with Crippen LogP contribution in [0.25, 0.3) is 0 Å². The molecular formula is C13H12BrNS. The largest absolute Gasteiger partial charge is 0.398 e. The third-order valence-electron chi connectivity index (χ3n) is 2.21. The smallest absolute Gasteiger partial charge is 0.0463 e. The molecule has 0 saturated heterocycles. The molecule has 2 rings (SSSR count). The van der Waals surface area contributed by atoms with E-state index in [4.69, 9.17) is 5.73 Å². The lowest BCUT2D eigenvalue weighted by atomic mass is 10.2. The number of hydrogen-bond donors (Lipinski definition) is 1. The summed E-state index contributed by atoms with van der Waals surface area (Å²) in [6.07, 6.45) is 0. The summed E-state index contributed by atoms with van der Waals surface area (Å²) in [5.74, 6) is 0.951. The lowest BCUT2D eigenvalue weighted by Gasteiger charge is -2.05. The van der Waals surface area contributed by atoms with Crippen LogP contribution in [0.4, 0.5) is 5.69 Å². The topological polar surface area (TPSA) is 26.0 Å². The minimum Gasteiger partial charge on any atom is -0.398 e. The van der Waals surface area contributed by atoms with Crippen molar-refractivity contribution in [2.45, 2.75) is 10.6 Å². The van der Waals surface area contributed by atoms with Crippen LogP contribution in [-0.2, 0) is 5.75 Å². The van der Waals surface area contributed by atoms with E-state index in [-0.39, 0.29) is 0 Å². The Labute approximate surface area is 108 Å². The minimum atomic E-state index is 0.829. The van der Waals surface area contributed by atoms with E-state index in [1.165, 1.54) is 5.56 Å². The van der Waals surface area contributed by atoms with Gasteiger partial charge in [0.05, 0.1) is 0 Å². The second-order valence-electron chi connectivity index (χ2n) is 3.46. The molecule has 0 amide bonds. The molecule has 3 heteroatoms. The van der Waals surface area contributed by atoms with Crippen molar-refractivity contribution >= 4 is 33.4 Å². The molecule has 0 aliphatic heterocycles. The fourth-order valence-corrected chi connectivity index (χ4v) is 2.67. The Morgan fingerprint density at radius 1 is 1.06 bits per heavy atom. The molecule has 0 saturated carbocycles. The van der Waals surface area contributed by atoms with Crippen LogP contribution < -0.4 is 5.73 Å². The van der Waals surface area contributed by atoms with Crippen LogP contribution in [0.2, 0.25) is 0 Å². The van der Waals surface area contributed by atoms with Crippen LogP contribution in [0.1, 0.15) is 5.56 Å². The molecule has 0 unspecified atom stereocenters. The summed E-state index contributed by atoms with van der Waals surface area (Å²) < 4.78 is 1.02. The standard InChI is InChI=1S/C13H12BrNS/c14-11-6-7-13(12(15)8-11)16-9-10-4-2-1-3-5-10/h1-8H,9,15H2. The Bertz CT molecular complexity index is 471. The van der Waals surface area contributed by atoms with Gasteiger partial charge in [-0.05, 0) is 23.8 Å². The maximum atomic E-state index is 5.93. The van der Waals surface area contributed by atoms with Crippen LogP contribution in [0.3, 0.4) is 0 Å². The number of nitrogens with two attached hydrogens (primary N) is 1. The number of hydrogen-bond acceptors (Lipinski definition) is 2. The summed E-state index contributed by atoms with van der Waals surface area (Å²) in [6, 6.07) is 16.4. The molecule has 0 bridgehead atoms. The summed E-state index contributed by atoms with van der Waals surface area (Å²) in [5, 5.41) is 0. The molecule has 0 aliphatic rings. The molecule has 2 N–H and O–H groups in total. The molecule has 0 aliphatic carbocycles. The summed E-state index contributed by atoms with van der Waals surface area (Å²) in [4.78, 5) is 1.13. The second kappa shape index (κ2) is 5.41. The van der Waals surface area contributed by atoms with Gasteiger partial charge in [0.15, 0.2) is 0 Å².